The molecule has 1 saturated carbocycles. The van der Waals surface area contributed by atoms with E-state index in [1.165, 1.54) is 64.7 Å². The molecule has 134 valence electrons. The van der Waals surface area contributed by atoms with E-state index in [-0.39, 0.29) is 0 Å². The zero-order valence-electron chi connectivity index (χ0n) is 16.6. The molecule has 3 fully saturated rings. The molecule has 1 spiro atoms. The number of piperidine rings is 2. The summed E-state index contributed by atoms with van der Waals surface area (Å²) >= 11 is 0. The van der Waals surface area contributed by atoms with Gasteiger partial charge in [-0.3, -0.25) is 9.80 Å². The second-order valence-electron chi connectivity index (χ2n) is 10.9. The minimum atomic E-state index is 0.337. The van der Waals surface area contributed by atoms with Crippen molar-refractivity contribution >= 4 is 0 Å². The standard InChI is InChI=1S/C21H40N2/c1-19(2,3)17-14-21(15-17)9-12-22(13-10-21)18-8-7-11-23(16-18)20(4,5)6/h17-18H,7-16H2,1-6H3. The number of hydrogen-bond acceptors (Lipinski definition) is 2. The average Bonchev–Trinajstić information content (AvgIpc) is 2.43. The second kappa shape index (κ2) is 6.02. The monoisotopic (exact) mass is 320 g/mol. The van der Waals surface area contributed by atoms with Crippen LogP contribution in [0.2, 0.25) is 0 Å². The Labute approximate surface area is 145 Å². The van der Waals surface area contributed by atoms with Crippen LogP contribution in [0.5, 0.6) is 0 Å². The van der Waals surface area contributed by atoms with Gasteiger partial charge in [0.1, 0.15) is 0 Å². The SMILES string of the molecule is CC(C)(C)C1CC2(CCN(C3CCCN(C(C)(C)C)C3)CC2)C1. The molecule has 0 radical (unpaired) electrons. The van der Waals surface area contributed by atoms with Crippen LogP contribution in [0.25, 0.3) is 0 Å². The van der Waals surface area contributed by atoms with Gasteiger partial charge in [0.25, 0.3) is 0 Å². The van der Waals surface area contributed by atoms with Gasteiger partial charge in [0.2, 0.25) is 0 Å². The molecule has 2 saturated heterocycles. The van der Waals surface area contributed by atoms with E-state index in [2.05, 4.69) is 51.3 Å². The van der Waals surface area contributed by atoms with Crippen molar-refractivity contribution in [3.8, 4) is 0 Å². The van der Waals surface area contributed by atoms with Gasteiger partial charge in [-0.1, -0.05) is 20.8 Å². The first-order valence-electron chi connectivity index (χ1n) is 10.1. The fraction of sp³-hybridized carbons (Fsp3) is 1.00. The third-order valence-electron chi connectivity index (χ3n) is 7.30. The normalized spacial score (nSPS) is 31.3. The van der Waals surface area contributed by atoms with E-state index in [9.17, 15) is 0 Å². The topological polar surface area (TPSA) is 6.48 Å². The summed E-state index contributed by atoms with van der Waals surface area (Å²) in [5.41, 5.74) is 1.59. The average molecular weight is 321 g/mol. The summed E-state index contributed by atoms with van der Waals surface area (Å²) in [5, 5.41) is 0. The third kappa shape index (κ3) is 3.79. The van der Waals surface area contributed by atoms with Crippen LogP contribution < -0.4 is 0 Å². The lowest BCUT2D eigenvalue weighted by atomic mass is 9.51. The number of rotatable bonds is 1. The molecule has 2 aliphatic heterocycles. The Morgan fingerprint density at radius 3 is 2.00 bits per heavy atom. The molecule has 1 aliphatic carbocycles. The molecule has 0 amide bonds. The van der Waals surface area contributed by atoms with Gasteiger partial charge in [-0.15, -0.1) is 0 Å². The summed E-state index contributed by atoms with van der Waals surface area (Å²) in [4.78, 5) is 5.55. The van der Waals surface area contributed by atoms with Crippen LogP contribution in [0.4, 0.5) is 0 Å². The van der Waals surface area contributed by atoms with Crippen molar-refractivity contribution in [3.05, 3.63) is 0 Å². The van der Waals surface area contributed by atoms with Gasteiger partial charge in [0.05, 0.1) is 0 Å². The molecule has 1 unspecified atom stereocenters. The Bertz CT molecular complexity index is 399. The van der Waals surface area contributed by atoms with E-state index < -0.39 is 0 Å². The molecule has 0 bridgehead atoms. The first kappa shape index (κ1) is 17.7. The van der Waals surface area contributed by atoms with Crippen LogP contribution in [0.3, 0.4) is 0 Å². The minimum absolute atomic E-state index is 0.337. The highest BCUT2D eigenvalue weighted by molar-refractivity contribution is 5.01. The van der Waals surface area contributed by atoms with Crippen molar-refractivity contribution < 1.29 is 0 Å². The summed E-state index contributed by atoms with van der Waals surface area (Å²) in [6.45, 7) is 19.7. The van der Waals surface area contributed by atoms with Crippen LogP contribution in [-0.4, -0.2) is 47.6 Å². The minimum Gasteiger partial charge on any atom is -0.299 e. The highest BCUT2D eigenvalue weighted by Gasteiger charge is 2.49. The fourth-order valence-electron chi connectivity index (χ4n) is 5.23. The van der Waals surface area contributed by atoms with Crippen LogP contribution in [0, 0.1) is 16.7 Å². The maximum absolute atomic E-state index is 2.84. The maximum atomic E-state index is 2.84. The van der Waals surface area contributed by atoms with Crippen molar-refractivity contribution in [3.63, 3.8) is 0 Å². The van der Waals surface area contributed by atoms with Crippen molar-refractivity contribution in [1.82, 2.24) is 9.80 Å². The van der Waals surface area contributed by atoms with E-state index in [0.717, 1.165) is 17.4 Å². The lowest BCUT2D eigenvalue weighted by Crippen LogP contribution is -2.57. The van der Waals surface area contributed by atoms with Crippen molar-refractivity contribution in [1.29, 1.82) is 0 Å². The lowest BCUT2D eigenvalue weighted by molar-refractivity contribution is -0.0705. The van der Waals surface area contributed by atoms with Gasteiger partial charge >= 0.3 is 0 Å². The van der Waals surface area contributed by atoms with E-state index in [0.29, 0.717) is 11.0 Å². The summed E-state index contributed by atoms with van der Waals surface area (Å²) in [5.74, 6) is 0.972. The molecule has 2 nitrogen and oxygen atoms in total. The zero-order valence-corrected chi connectivity index (χ0v) is 16.6. The highest BCUT2D eigenvalue weighted by atomic mass is 15.3. The Morgan fingerprint density at radius 1 is 0.870 bits per heavy atom. The first-order chi connectivity index (χ1) is 10.6. The Kier molecular flexibility index (Phi) is 4.64. The largest absolute Gasteiger partial charge is 0.299 e. The molecule has 0 N–H and O–H groups in total. The predicted octanol–water partition coefficient (Wildman–Crippen LogP) is 4.79. The molecule has 2 heteroatoms. The molecular weight excluding hydrogens is 280 g/mol. The smallest absolute Gasteiger partial charge is 0.0223 e. The molecule has 3 aliphatic rings. The fourth-order valence-corrected chi connectivity index (χ4v) is 5.23. The van der Waals surface area contributed by atoms with E-state index in [4.69, 9.17) is 0 Å². The van der Waals surface area contributed by atoms with Gasteiger partial charge in [-0.05, 0) is 95.7 Å². The van der Waals surface area contributed by atoms with Crippen LogP contribution >= 0.6 is 0 Å². The van der Waals surface area contributed by atoms with Crippen LogP contribution in [-0.2, 0) is 0 Å². The quantitative estimate of drug-likeness (QED) is 0.685. The second-order valence-corrected chi connectivity index (χ2v) is 10.9. The van der Waals surface area contributed by atoms with E-state index in [1.54, 1.807) is 0 Å². The molecule has 2 heterocycles. The number of hydrogen-bond donors (Lipinski definition) is 0. The van der Waals surface area contributed by atoms with Crippen molar-refractivity contribution in [2.24, 2.45) is 16.7 Å². The molecule has 3 rings (SSSR count). The molecule has 0 aromatic carbocycles. The highest BCUT2D eigenvalue weighted by Crippen LogP contribution is 2.58. The Morgan fingerprint density at radius 2 is 1.48 bits per heavy atom. The van der Waals surface area contributed by atoms with Crippen molar-refractivity contribution in [2.75, 3.05) is 26.2 Å². The van der Waals surface area contributed by atoms with Crippen molar-refractivity contribution in [2.45, 2.75) is 91.6 Å². The maximum Gasteiger partial charge on any atom is 0.0223 e. The first-order valence-corrected chi connectivity index (χ1v) is 10.1. The van der Waals surface area contributed by atoms with Crippen LogP contribution in [0.15, 0.2) is 0 Å². The van der Waals surface area contributed by atoms with Gasteiger partial charge < -0.3 is 0 Å². The van der Waals surface area contributed by atoms with E-state index >= 15 is 0 Å². The van der Waals surface area contributed by atoms with Gasteiger partial charge in [-0.25, -0.2) is 0 Å². The van der Waals surface area contributed by atoms with Crippen LogP contribution in [0.1, 0.15) is 80.1 Å². The molecule has 0 aromatic heterocycles. The lowest BCUT2D eigenvalue weighted by Gasteiger charge is -2.57. The number of nitrogens with zero attached hydrogens (tertiary/aromatic N) is 2. The predicted molar refractivity (Wildman–Crippen MR) is 99.8 cm³/mol. The van der Waals surface area contributed by atoms with Gasteiger partial charge in [-0.2, -0.15) is 0 Å². The summed E-state index contributed by atoms with van der Waals surface area (Å²) in [6, 6.07) is 0.818. The van der Waals surface area contributed by atoms with Gasteiger partial charge in [0, 0.05) is 18.1 Å². The third-order valence-corrected chi connectivity index (χ3v) is 7.30. The summed E-state index contributed by atoms with van der Waals surface area (Å²) < 4.78 is 0. The number of likely N-dealkylation sites (tertiary alicyclic amines) is 2. The molecule has 0 aromatic rings. The summed E-state index contributed by atoms with van der Waals surface area (Å²) in [7, 11) is 0. The Balaban J connectivity index is 1.50. The Hall–Kier alpha value is -0.0800. The van der Waals surface area contributed by atoms with E-state index in [1.807, 2.05) is 0 Å². The zero-order chi connectivity index (χ0) is 16.9. The molecule has 1 atom stereocenters. The molecular formula is C21H40N2. The molecule has 23 heavy (non-hydrogen) atoms. The van der Waals surface area contributed by atoms with Gasteiger partial charge in [0.15, 0.2) is 0 Å². The summed E-state index contributed by atoms with van der Waals surface area (Å²) in [6.07, 6.45) is 8.74.